The molecule has 19 heavy (non-hydrogen) atoms. The highest BCUT2D eigenvalue weighted by atomic mass is 16.1. The van der Waals surface area contributed by atoms with E-state index >= 15 is 0 Å². The van der Waals surface area contributed by atoms with Gasteiger partial charge in [0.1, 0.15) is 0 Å². The summed E-state index contributed by atoms with van der Waals surface area (Å²) < 4.78 is 0. The number of para-hydroxylation sites is 1. The number of rotatable bonds is 3. The van der Waals surface area contributed by atoms with Crippen molar-refractivity contribution in [2.24, 2.45) is 11.7 Å². The smallest absolute Gasteiger partial charge is 0.224 e. The molecule has 3 nitrogen and oxygen atoms in total. The lowest BCUT2D eigenvalue weighted by Crippen LogP contribution is -2.15. The standard InChI is InChI=1S/C16H20N2O/c17-11-5-9-14-8-3-4-10-15(14)18-16(19)12-13-6-1-2-7-13/h3-4,8,10,13H,1-2,6-7,11-12,17H2,(H,18,19). The molecular formula is C16H20N2O. The molecular weight excluding hydrogens is 236 g/mol. The van der Waals surface area contributed by atoms with Gasteiger partial charge >= 0.3 is 0 Å². The lowest BCUT2D eigenvalue weighted by Gasteiger charge is -2.10. The zero-order chi connectivity index (χ0) is 13.5. The Labute approximate surface area is 114 Å². The van der Waals surface area contributed by atoms with Gasteiger partial charge in [0.2, 0.25) is 5.91 Å². The minimum atomic E-state index is 0.0916. The number of amides is 1. The predicted molar refractivity (Wildman–Crippen MR) is 77.6 cm³/mol. The second-order valence-corrected chi connectivity index (χ2v) is 4.95. The van der Waals surface area contributed by atoms with E-state index in [1.807, 2.05) is 24.3 Å². The third kappa shape index (κ3) is 4.11. The summed E-state index contributed by atoms with van der Waals surface area (Å²) in [6.45, 7) is 0.324. The van der Waals surface area contributed by atoms with Crippen molar-refractivity contribution in [3.63, 3.8) is 0 Å². The highest BCUT2D eigenvalue weighted by Gasteiger charge is 2.18. The van der Waals surface area contributed by atoms with E-state index in [0.717, 1.165) is 11.3 Å². The summed E-state index contributed by atoms with van der Waals surface area (Å²) in [4.78, 5) is 12.0. The van der Waals surface area contributed by atoms with Crippen molar-refractivity contribution in [2.75, 3.05) is 11.9 Å². The molecule has 1 aliphatic rings. The average Bonchev–Trinajstić information content (AvgIpc) is 2.90. The maximum absolute atomic E-state index is 12.0. The molecule has 0 saturated heterocycles. The number of nitrogens with one attached hydrogen (secondary N) is 1. The van der Waals surface area contributed by atoms with E-state index in [9.17, 15) is 4.79 Å². The molecule has 0 aromatic heterocycles. The Balaban J connectivity index is 1.99. The van der Waals surface area contributed by atoms with Gasteiger partial charge in [-0.05, 0) is 30.9 Å². The van der Waals surface area contributed by atoms with Crippen molar-refractivity contribution in [1.82, 2.24) is 0 Å². The van der Waals surface area contributed by atoms with Crippen LogP contribution in [0.2, 0.25) is 0 Å². The third-order valence-electron chi connectivity index (χ3n) is 3.48. The highest BCUT2D eigenvalue weighted by molar-refractivity contribution is 5.92. The molecule has 2 rings (SSSR count). The molecule has 1 aromatic carbocycles. The Morgan fingerprint density at radius 1 is 1.32 bits per heavy atom. The lowest BCUT2D eigenvalue weighted by atomic mass is 10.0. The first kappa shape index (κ1) is 13.6. The van der Waals surface area contributed by atoms with Crippen LogP contribution >= 0.6 is 0 Å². The van der Waals surface area contributed by atoms with Crippen molar-refractivity contribution < 1.29 is 4.79 Å². The Kier molecular flexibility index (Phi) is 5.00. The zero-order valence-corrected chi connectivity index (χ0v) is 11.1. The average molecular weight is 256 g/mol. The summed E-state index contributed by atoms with van der Waals surface area (Å²) >= 11 is 0. The first-order chi connectivity index (χ1) is 9.29. The van der Waals surface area contributed by atoms with Gasteiger partial charge in [0.05, 0.1) is 12.2 Å². The molecule has 1 saturated carbocycles. The molecule has 1 amide bonds. The van der Waals surface area contributed by atoms with Crippen LogP contribution in [0.4, 0.5) is 5.69 Å². The van der Waals surface area contributed by atoms with Crippen molar-refractivity contribution in [1.29, 1.82) is 0 Å². The molecule has 0 radical (unpaired) electrons. The minimum Gasteiger partial charge on any atom is -0.325 e. The van der Waals surface area contributed by atoms with E-state index in [1.165, 1.54) is 25.7 Å². The van der Waals surface area contributed by atoms with Crippen LogP contribution in [0, 0.1) is 17.8 Å². The molecule has 0 unspecified atom stereocenters. The second-order valence-electron chi connectivity index (χ2n) is 4.95. The van der Waals surface area contributed by atoms with Gasteiger partial charge in [-0.3, -0.25) is 4.79 Å². The van der Waals surface area contributed by atoms with E-state index in [4.69, 9.17) is 5.73 Å². The van der Waals surface area contributed by atoms with Crippen LogP contribution < -0.4 is 11.1 Å². The molecule has 0 spiro atoms. The first-order valence-corrected chi connectivity index (χ1v) is 6.87. The van der Waals surface area contributed by atoms with Crippen LogP contribution in [0.15, 0.2) is 24.3 Å². The molecule has 3 heteroatoms. The Morgan fingerprint density at radius 2 is 2.05 bits per heavy atom. The van der Waals surface area contributed by atoms with Gasteiger partial charge < -0.3 is 11.1 Å². The fourth-order valence-corrected chi connectivity index (χ4v) is 2.53. The van der Waals surface area contributed by atoms with Gasteiger partial charge in [-0.15, -0.1) is 0 Å². The summed E-state index contributed by atoms with van der Waals surface area (Å²) in [6, 6.07) is 7.59. The summed E-state index contributed by atoms with van der Waals surface area (Å²) in [6.07, 6.45) is 5.51. The Bertz CT molecular complexity index is 493. The molecule has 1 fully saturated rings. The monoisotopic (exact) mass is 256 g/mol. The van der Waals surface area contributed by atoms with Gasteiger partial charge in [0, 0.05) is 12.0 Å². The maximum Gasteiger partial charge on any atom is 0.224 e. The van der Waals surface area contributed by atoms with Gasteiger partial charge in [0.15, 0.2) is 0 Å². The Morgan fingerprint density at radius 3 is 2.79 bits per heavy atom. The molecule has 1 aromatic rings. The van der Waals surface area contributed by atoms with Crippen LogP contribution in [-0.2, 0) is 4.79 Å². The first-order valence-electron chi connectivity index (χ1n) is 6.87. The summed E-state index contributed by atoms with van der Waals surface area (Å²) in [5.41, 5.74) is 6.99. The van der Waals surface area contributed by atoms with Crippen LogP contribution in [0.1, 0.15) is 37.7 Å². The Hall–Kier alpha value is -1.79. The summed E-state index contributed by atoms with van der Waals surface area (Å²) in [5.74, 6) is 6.45. The third-order valence-corrected chi connectivity index (χ3v) is 3.48. The lowest BCUT2D eigenvalue weighted by molar-refractivity contribution is -0.117. The van der Waals surface area contributed by atoms with Crippen molar-refractivity contribution >= 4 is 11.6 Å². The number of anilines is 1. The van der Waals surface area contributed by atoms with Crippen molar-refractivity contribution in [3.8, 4) is 11.8 Å². The van der Waals surface area contributed by atoms with Gasteiger partial charge in [-0.1, -0.05) is 36.8 Å². The number of carbonyl (C=O) groups excluding carboxylic acids is 1. The van der Waals surface area contributed by atoms with Gasteiger partial charge in [-0.25, -0.2) is 0 Å². The molecule has 0 bridgehead atoms. The quantitative estimate of drug-likeness (QED) is 0.816. The largest absolute Gasteiger partial charge is 0.325 e. The van der Waals surface area contributed by atoms with Crippen LogP contribution in [0.3, 0.4) is 0 Å². The van der Waals surface area contributed by atoms with Crippen LogP contribution in [-0.4, -0.2) is 12.5 Å². The normalized spacial score (nSPS) is 14.8. The second kappa shape index (κ2) is 6.96. The maximum atomic E-state index is 12.0. The molecule has 1 aliphatic carbocycles. The van der Waals surface area contributed by atoms with E-state index < -0.39 is 0 Å². The van der Waals surface area contributed by atoms with E-state index in [0.29, 0.717) is 18.9 Å². The van der Waals surface area contributed by atoms with E-state index in [1.54, 1.807) is 0 Å². The number of nitrogens with two attached hydrogens (primary N) is 1. The van der Waals surface area contributed by atoms with Crippen LogP contribution in [0.25, 0.3) is 0 Å². The SMILES string of the molecule is NCC#Cc1ccccc1NC(=O)CC1CCCC1. The fraction of sp³-hybridized carbons (Fsp3) is 0.438. The van der Waals surface area contributed by atoms with Gasteiger partial charge in [-0.2, -0.15) is 0 Å². The van der Waals surface area contributed by atoms with E-state index in [2.05, 4.69) is 17.2 Å². The van der Waals surface area contributed by atoms with Crippen molar-refractivity contribution in [3.05, 3.63) is 29.8 Å². The van der Waals surface area contributed by atoms with Crippen LogP contribution in [0.5, 0.6) is 0 Å². The minimum absolute atomic E-state index is 0.0916. The number of hydrogen-bond donors (Lipinski definition) is 2. The molecule has 0 atom stereocenters. The highest BCUT2D eigenvalue weighted by Crippen LogP contribution is 2.28. The predicted octanol–water partition coefficient (Wildman–Crippen LogP) is 2.52. The van der Waals surface area contributed by atoms with Crippen molar-refractivity contribution in [2.45, 2.75) is 32.1 Å². The number of hydrogen-bond acceptors (Lipinski definition) is 2. The topological polar surface area (TPSA) is 55.1 Å². The number of carbonyl (C=O) groups is 1. The molecule has 100 valence electrons. The number of benzene rings is 1. The molecule has 0 heterocycles. The summed E-state index contributed by atoms with van der Waals surface area (Å²) in [5, 5.41) is 2.96. The summed E-state index contributed by atoms with van der Waals surface area (Å²) in [7, 11) is 0. The fourth-order valence-electron chi connectivity index (χ4n) is 2.53. The molecule has 3 N–H and O–H groups in total. The molecule has 0 aliphatic heterocycles. The van der Waals surface area contributed by atoms with Gasteiger partial charge in [0.25, 0.3) is 0 Å². The zero-order valence-electron chi connectivity index (χ0n) is 11.1. The van der Waals surface area contributed by atoms with E-state index in [-0.39, 0.29) is 5.91 Å².